The van der Waals surface area contributed by atoms with Crippen LogP contribution in [0.2, 0.25) is 0 Å². The highest BCUT2D eigenvalue weighted by Gasteiger charge is 2.18. The standard InChI is InChI=1S/C58H111NO5/c1-3-5-7-9-11-13-31-36-40-44-48-52-58(63)64-53-49-45-41-37-33-30-28-26-24-22-20-18-16-14-15-17-19-21-23-25-27-29-32-35-39-43-47-51-57(62)59-55(54-60)56(61)50-46-42-38-34-12-10-8-6-4-2/h9,11,46,50,55-56,60-61H,3-8,10,12-45,47-49,51-54H2,1-2H3,(H,59,62)/b11-9-,50-46+. The molecule has 2 unspecified atom stereocenters. The van der Waals surface area contributed by atoms with Gasteiger partial charge < -0.3 is 20.3 Å². The summed E-state index contributed by atoms with van der Waals surface area (Å²) in [7, 11) is 0. The Hall–Kier alpha value is -1.66. The molecule has 0 aliphatic carbocycles. The number of aliphatic hydroxyl groups is 2. The van der Waals surface area contributed by atoms with E-state index in [9.17, 15) is 19.8 Å². The van der Waals surface area contributed by atoms with Crippen LogP contribution >= 0.6 is 0 Å². The van der Waals surface area contributed by atoms with Crippen molar-refractivity contribution >= 4 is 11.9 Å². The first-order valence-corrected chi connectivity index (χ1v) is 28.6. The topological polar surface area (TPSA) is 95.9 Å². The number of carbonyl (C=O) groups excluding carboxylic acids is 2. The highest BCUT2D eigenvalue weighted by atomic mass is 16.5. The zero-order chi connectivity index (χ0) is 46.5. The van der Waals surface area contributed by atoms with E-state index in [4.69, 9.17) is 4.74 Å². The lowest BCUT2D eigenvalue weighted by atomic mass is 10.0. The largest absolute Gasteiger partial charge is 0.466 e. The van der Waals surface area contributed by atoms with Gasteiger partial charge in [0.1, 0.15) is 0 Å². The first-order chi connectivity index (χ1) is 31.5. The first kappa shape index (κ1) is 62.3. The number of amides is 1. The van der Waals surface area contributed by atoms with Gasteiger partial charge in [0.15, 0.2) is 0 Å². The summed E-state index contributed by atoms with van der Waals surface area (Å²) in [5.74, 6) is -0.0612. The summed E-state index contributed by atoms with van der Waals surface area (Å²) in [6, 6.07) is -0.623. The second kappa shape index (κ2) is 54.0. The van der Waals surface area contributed by atoms with Gasteiger partial charge in [-0.15, -0.1) is 0 Å². The van der Waals surface area contributed by atoms with Crippen LogP contribution in [0.3, 0.4) is 0 Å². The lowest BCUT2D eigenvalue weighted by molar-refractivity contribution is -0.143. The number of hydrogen-bond donors (Lipinski definition) is 3. The number of esters is 1. The van der Waals surface area contributed by atoms with Crippen molar-refractivity contribution in [3.8, 4) is 0 Å². The lowest BCUT2D eigenvalue weighted by Crippen LogP contribution is -2.45. The van der Waals surface area contributed by atoms with Crippen molar-refractivity contribution < 1.29 is 24.5 Å². The van der Waals surface area contributed by atoms with Crippen molar-refractivity contribution in [3.63, 3.8) is 0 Å². The van der Waals surface area contributed by atoms with Crippen LogP contribution < -0.4 is 5.32 Å². The third-order valence-corrected chi connectivity index (χ3v) is 13.2. The quantitative estimate of drug-likeness (QED) is 0.0321. The maximum absolute atomic E-state index is 12.4. The Bertz CT molecular complexity index is 997. The van der Waals surface area contributed by atoms with Gasteiger partial charge in [-0.25, -0.2) is 0 Å². The van der Waals surface area contributed by atoms with E-state index in [-0.39, 0.29) is 18.5 Å². The molecule has 0 aromatic heterocycles. The van der Waals surface area contributed by atoms with E-state index in [2.05, 4.69) is 31.3 Å². The van der Waals surface area contributed by atoms with Gasteiger partial charge in [-0.1, -0.05) is 269 Å². The van der Waals surface area contributed by atoms with Gasteiger partial charge in [0.2, 0.25) is 5.91 Å². The van der Waals surface area contributed by atoms with Gasteiger partial charge in [0.25, 0.3) is 0 Å². The van der Waals surface area contributed by atoms with Crippen LogP contribution in [0.5, 0.6) is 0 Å². The van der Waals surface area contributed by atoms with Crippen molar-refractivity contribution in [3.05, 3.63) is 24.3 Å². The monoisotopic (exact) mass is 902 g/mol. The number of aliphatic hydroxyl groups excluding tert-OH is 2. The van der Waals surface area contributed by atoms with Crippen molar-refractivity contribution in [2.75, 3.05) is 13.2 Å². The highest BCUT2D eigenvalue weighted by Crippen LogP contribution is 2.17. The SMILES string of the molecule is CCCC/C=C\CCCCCCCC(=O)OCCCCCCCCCCCCCCCCCCCCCCCCCCCCCC(=O)NC(CO)C(O)/C=C/CCCCCCCCC. The number of unbranched alkanes of at least 4 members (excludes halogenated alkanes) is 40. The molecule has 0 aliphatic rings. The van der Waals surface area contributed by atoms with Gasteiger partial charge in [-0.3, -0.25) is 9.59 Å². The average Bonchev–Trinajstić information content (AvgIpc) is 3.29. The minimum atomic E-state index is -0.839. The Morgan fingerprint density at radius 3 is 1.16 bits per heavy atom. The van der Waals surface area contributed by atoms with Crippen LogP contribution in [-0.4, -0.2) is 47.4 Å². The second-order valence-corrected chi connectivity index (χ2v) is 19.6. The zero-order valence-electron chi connectivity index (χ0n) is 43.0. The fourth-order valence-corrected chi connectivity index (χ4v) is 8.79. The molecule has 3 N–H and O–H groups in total. The normalized spacial score (nSPS) is 12.8. The Morgan fingerprint density at radius 2 is 0.750 bits per heavy atom. The number of nitrogens with one attached hydrogen (secondary N) is 1. The fraction of sp³-hybridized carbons (Fsp3) is 0.897. The molecule has 0 aromatic carbocycles. The van der Waals surface area contributed by atoms with Gasteiger partial charge >= 0.3 is 5.97 Å². The third-order valence-electron chi connectivity index (χ3n) is 13.2. The molecule has 0 aliphatic heterocycles. The zero-order valence-corrected chi connectivity index (χ0v) is 43.0. The molecule has 1 amide bonds. The molecule has 0 fully saturated rings. The molecule has 0 spiro atoms. The summed E-state index contributed by atoms with van der Waals surface area (Å²) < 4.78 is 5.46. The van der Waals surface area contributed by atoms with Crippen LogP contribution in [0, 0.1) is 0 Å². The van der Waals surface area contributed by atoms with E-state index < -0.39 is 12.1 Å². The van der Waals surface area contributed by atoms with E-state index >= 15 is 0 Å². The number of ether oxygens (including phenoxy) is 1. The minimum Gasteiger partial charge on any atom is -0.466 e. The van der Waals surface area contributed by atoms with Crippen LogP contribution in [0.25, 0.3) is 0 Å². The maximum atomic E-state index is 12.4. The van der Waals surface area contributed by atoms with Crippen LogP contribution in [-0.2, 0) is 14.3 Å². The molecular formula is C58H111NO5. The fourth-order valence-electron chi connectivity index (χ4n) is 8.79. The molecule has 6 nitrogen and oxygen atoms in total. The Labute approximate surface area is 399 Å². The van der Waals surface area contributed by atoms with Gasteiger partial charge in [0.05, 0.1) is 25.4 Å². The first-order valence-electron chi connectivity index (χ1n) is 28.6. The van der Waals surface area contributed by atoms with Crippen molar-refractivity contribution in [1.29, 1.82) is 0 Å². The molecule has 0 heterocycles. The predicted octanol–water partition coefficient (Wildman–Crippen LogP) is 17.5. The van der Waals surface area contributed by atoms with Crippen LogP contribution in [0.15, 0.2) is 24.3 Å². The molecule has 0 radical (unpaired) electrons. The van der Waals surface area contributed by atoms with E-state index in [1.54, 1.807) is 6.08 Å². The van der Waals surface area contributed by atoms with E-state index in [0.29, 0.717) is 19.4 Å². The lowest BCUT2D eigenvalue weighted by Gasteiger charge is -2.20. The Balaban J connectivity index is 3.33. The predicted molar refractivity (Wildman–Crippen MR) is 278 cm³/mol. The van der Waals surface area contributed by atoms with Crippen LogP contribution in [0.4, 0.5) is 0 Å². The number of carbonyl (C=O) groups is 2. The van der Waals surface area contributed by atoms with E-state index in [1.165, 1.54) is 238 Å². The molecule has 6 heteroatoms. The molecule has 64 heavy (non-hydrogen) atoms. The molecule has 0 bridgehead atoms. The number of allylic oxidation sites excluding steroid dienone is 3. The molecule has 0 rings (SSSR count). The summed E-state index contributed by atoms with van der Waals surface area (Å²) in [5, 5.41) is 22.9. The molecule has 2 atom stereocenters. The van der Waals surface area contributed by atoms with Crippen molar-refractivity contribution in [2.45, 2.75) is 321 Å². The number of rotatable bonds is 53. The third kappa shape index (κ3) is 49.8. The minimum absolute atomic E-state index is 0.00628. The summed E-state index contributed by atoms with van der Waals surface area (Å²) in [6.07, 6.45) is 65.1. The Morgan fingerprint density at radius 1 is 0.422 bits per heavy atom. The number of hydrogen-bond acceptors (Lipinski definition) is 5. The molecular weight excluding hydrogens is 791 g/mol. The van der Waals surface area contributed by atoms with Gasteiger partial charge in [-0.2, -0.15) is 0 Å². The second-order valence-electron chi connectivity index (χ2n) is 19.6. The highest BCUT2D eigenvalue weighted by molar-refractivity contribution is 5.76. The molecule has 378 valence electrons. The van der Waals surface area contributed by atoms with Crippen molar-refractivity contribution in [1.82, 2.24) is 5.32 Å². The summed E-state index contributed by atoms with van der Waals surface area (Å²) in [4.78, 5) is 24.4. The van der Waals surface area contributed by atoms with Gasteiger partial charge in [-0.05, 0) is 51.4 Å². The van der Waals surface area contributed by atoms with E-state index in [1.807, 2.05) is 6.08 Å². The summed E-state index contributed by atoms with van der Waals surface area (Å²) >= 11 is 0. The molecule has 0 aromatic rings. The maximum Gasteiger partial charge on any atom is 0.305 e. The average molecular weight is 903 g/mol. The molecule has 0 saturated heterocycles. The summed E-state index contributed by atoms with van der Waals surface area (Å²) in [6.45, 7) is 4.85. The van der Waals surface area contributed by atoms with E-state index in [0.717, 1.165) is 44.9 Å². The van der Waals surface area contributed by atoms with Crippen LogP contribution in [0.1, 0.15) is 309 Å². The van der Waals surface area contributed by atoms with Crippen molar-refractivity contribution in [2.24, 2.45) is 0 Å². The van der Waals surface area contributed by atoms with Gasteiger partial charge in [0, 0.05) is 12.8 Å². The summed E-state index contributed by atoms with van der Waals surface area (Å²) in [5.41, 5.74) is 0. The smallest absolute Gasteiger partial charge is 0.305 e. The Kier molecular flexibility index (Phi) is 52.6. The molecule has 0 saturated carbocycles.